The van der Waals surface area contributed by atoms with Crippen LogP contribution in [0.5, 0.6) is 11.8 Å². The number of para-hydroxylation sites is 1. The van der Waals surface area contributed by atoms with Crippen molar-refractivity contribution in [1.82, 2.24) is 19.6 Å². The monoisotopic (exact) mass is 292 g/mol. The second-order valence-electron chi connectivity index (χ2n) is 5.02. The van der Waals surface area contributed by atoms with Crippen LogP contribution in [0.25, 0.3) is 16.7 Å². The molecular weight excluding hydrogens is 280 g/mol. The molecule has 0 radical (unpaired) electrons. The van der Waals surface area contributed by atoms with Gasteiger partial charge in [0.05, 0.1) is 10.9 Å². The topological polar surface area (TPSA) is 72.3 Å². The molecule has 0 aliphatic heterocycles. The van der Waals surface area contributed by atoms with Crippen LogP contribution in [0, 0.1) is 6.92 Å². The van der Waals surface area contributed by atoms with Crippen molar-refractivity contribution in [2.45, 2.75) is 6.92 Å². The quantitative estimate of drug-likeness (QED) is 0.616. The summed E-state index contributed by atoms with van der Waals surface area (Å²) in [4.78, 5) is 19.0. The smallest absolute Gasteiger partial charge is 0.343 e. The molecule has 4 rings (SSSR count). The second-order valence-corrected chi connectivity index (χ2v) is 5.02. The molecule has 6 nitrogen and oxygen atoms in total. The lowest BCUT2D eigenvalue weighted by Crippen LogP contribution is -2.10. The summed E-state index contributed by atoms with van der Waals surface area (Å²) in [7, 11) is 0. The Morgan fingerprint density at radius 1 is 1.14 bits per heavy atom. The molecule has 0 bridgehead atoms. The third-order valence-electron chi connectivity index (χ3n) is 3.39. The van der Waals surface area contributed by atoms with E-state index in [0.29, 0.717) is 22.4 Å². The fraction of sp³-hybridized carbons (Fsp3) is 0.0625. The molecule has 22 heavy (non-hydrogen) atoms. The Morgan fingerprint density at radius 2 is 1.95 bits per heavy atom. The summed E-state index contributed by atoms with van der Waals surface area (Å²) in [5, 5.41) is 4.90. The molecule has 0 amide bonds. The van der Waals surface area contributed by atoms with Crippen LogP contribution in [0.3, 0.4) is 0 Å². The van der Waals surface area contributed by atoms with Gasteiger partial charge in [0.2, 0.25) is 5.78 Å². The number of rotatable bonds is 2. The van der Waals surface area contributed by atoms with E-state index < -0.39 is 0 Å². The Kier molecular flexibility index (Phi) is 2.69. The van der Waals surface area contributed by atoms with Crippen molar-refractivity contribution in [2.24, 2.45) is 0 Å². The van der Waals surface area contributed by atoms with Crippen LogP contribution >= 0.6 is 0 Å². The summed E-state index contributed by atoms with van der Waals surface area (Å²) in [5.74, 6) is 0.996. The van der Waals surface area contributed by atoms with Crippen LogP contribution in [0.2, 0.25) is 0 Å². The molecule has 0 saturated heterocycles. The van der Waals surface area contributed by atoms with Crippen molar-refractivity contribution in [3.05, 3.63) is 64.4 Å². The second kappa shape index (κ2) is 4.70. The van der Waals surface area contributed by atoms with Gasteiger partial charge in [-0.25, -0.2) is 0 Å². The van der Waals surface area contributed by atoms with E-state index in [4.69, 9.17) is 4.74 Å². The standard InChI is InChI=1S/C16H12N4O2/c1-10-7-8-12-13(9-10)20-15(17-14(12)21)18-16(19-20)22-11-5-3-2-4-6-11/h2-9H,1H3,(H,17,18,19,21). The number of nitrogens with one attached hydrogen (secondary N) is 1. The number of aryl methyl sites for hydroxylation is 1. The molecule has 4 aromatic rings. The van der Waals surface area contributed by atoms with Gasteiger partial charge in [-0.05, 0) is 36.8 Å². The van der Waals surface area contributed by atoms with Crippen molar-refractivity contribution < 1.29 is 4.74 Å². The molecule has 6 heteroatoms. The van der Waals surface area contributed by atoms with E-state index in [9.17, 15) is 4.79 Å². The fourth-order valence-electron chi connectivity index (χ4n) is 2.36. The van der Waals surface area contributed by atoms with Crippen LogP contribution < -0.4 is 10.3 Å². The molecule has 2 aromatic carbocycles. The maximum absolute atomic E-state index is 12.1. The van der Waals surface area contributed by atoms with Crippen LogP contribution in [0.4, 0.5) is 0 Å². The largest absolute Gasteiger partial charge is 0.423 e. The lowest BCUT2D eigenvalue weighted by atomic mass is 10.2. The Morgan fingerprint density at radius 3 is 2.77 bits per heavy atom. The molecule has 108 valence electrons. The maximum atomic E-state index is 12.1. The summed E-state index contributed by atoms with van der Waals surface area (Å²) in [5.41, 5.74) is 1.55. The van der Waals surface area contributed by atoms with Gasteiger partial charge in [0.15, 0.2) is 0 Å². The van der Waals surface area contributed by atoms with Crippen molar-refractivity contribution in [1.29, 1.82) is 0 Å². The average molecular weight is 292 g/mol. The van der Waals surface area contributed by atoms with E-state index in [1.165, 1.54) is 0 Å². The highest BCUT2D eigenvalue weighted by Gasteiger charge is 2.11. The Labute approximate surface area is 125 Å². The van der Waals surface area contributed by atoms with Crippen LogP contribution in [-0.2, 0) is 0 Å². The van der Waals surface area contributed by atoms with E-state index in [2.05, 4.69) is 15.1 Å². The van der Waals surface area contributed by atoms with Gasteiger partial charge in [0, 0.05) is 0 Å². The maximum Gasteiger partial charge on any atom is 0.343 e. The molecular formula is C16H12N4O2. The Balaban J connectivity index is 1.92. The zero-order valence-electron chi connectivity index (χ0n) is 11.8. The van der Waals surface area contributed by atoms with E-state index in [1.807, 2.05) is 49.4 Å². The highest BCUT2D eigenvalue weighted by molar-refractivity contribution is 5.80. The Hall–Kier alpha value is -3.15. The SMILES string of the molecule is Cc1ccc2c(=O)[nH]c3nc(Oc4ccccc4)nn3c2c1. The number of ether oxygens (including phenoxy) is 1. The normalized spacial score (nSPS) is 11.1. The highest BCUT2D eigenvalue weighted by atomic mass is 16.5. The van der Waals surface area contributed by atoms with Crippen molar-refractivity contribution >= 4 is 16.7 Å². The highest BCUT2D eigenvalue weighted by Crippen LogP contribution is 2.19. The summed E-state index contributed by atoms with van der Waals surface area (Å²) in [6, 6.07) is 15.0. The molecule has 2 aromatic heterocycles. The first-order valence-corrected chi connectivity index (χ1v) is 6.83. The molecule has 0 atom stereocenters. The van der Waals surface area contributed by atoms with Gasteiger partial charge in [0.25, 0.3) is 5.56 Å². The number of fused-ring (bicyclic) bond motifs is 3. The fourth-order valence-corrected chi connectivity index (χ4v) is 2.36. The minimum absolute atomic E-state index is 0.191. The van der Waals surface area contributed by atoms with Gasteiger partial charge < -0.3 is 4.74 Å². The Bertz CT molecular complexity index is 1030. The molecule has 0 spiro atoms. The lowest BCUT2D eigenvalue weighted by Gasteiger charge is -2.00. The third-order valence-corrected chi connectivity index (χ3v) is 3.39. The number of aromatic amines is 1. The molecule has 0 aliphatic rings. The minimum atomic E-state index is -0.193. The lowest BCUT2D eigenvalue weighted by molar-refractivity contribution is 0.443. The molecule has 0 aliphatic carbocycles. The van der Waals surface area contributed by atoms with Gasteiger partial charge in [-0.15, -0.1) is 5.10 Å². The van der Waals surface area contributed by atoms with Gasteiger partial charge in [0.1, 0.15) is 5.75 Å². The molecule has 2 heterocycles. The number of hydrogen-bond donors (Lipinski definition) is 1. The van der Waals surface area contributed by atoms with Crippen molar-refractivity contribution in [2.75, 3.05) is 0 Å². The minimum Gasteiger partial charge on any atom is -0.423 e. The summed E-state index contributed by atoms with van der Waals surface area (Å²) >= 11 is 0. The zero-order chi connectivity index (χ0) is 15.1. The van der Waals surface area contributed by atoms with Crippen molar-refractivity contribution in [3.8, 4) is 11.8 Å². The van der Waals surface area contributed by atoms with E-state index in [-0.39, 0.29) is 11.6 Å². The van der Waals surface area contributed by atoms with E-state index in [0.717, 1.165) is 5.56 Å². The van der Waals surface area contributed by atoms with E-state index >= 15 is 0 Å². The first kappa shape index (κ1) is 12.6. The first-order valence-electron chi connectivity index (χ1n) is 6.83. The summed E-state index contributed by atoms with van der Waals surface area (Å²) < 4.78 is 7.20. The molecule has 0 saturated carbocycles. The number of benzene rings is 2. The number of H-pyrrole nitrogens is 1. The molecule has 0 fully saturated rings. The average Bonchev–Trinajstić information content (AvgIpc) is 2.90. The van der Waals surface area contributed by atoms with E-state index in [1.54, 1.807) is 10.6 Å². The number of aromatic nitrogens is 4. The van der Waals surface area contributed by atoms with Crippen LogP contribution in [-0.4, -0.2) is 19.6 Å². The summed E-state index contributed by atoms with van der Waals surface area (Å²) in [6.07, 6.45) is 0. The van der Waals surface area contributed by atoms with Gasteiger partial charge in [-0.3, -0.25) is 9.78 Å². The number of nitrogens with zero attached hydrogens (tertiary/aromatic N) is 3. The summed E-state index contributed by atoms with van der Waals surface area (Å²) in [6.45, 7) is 1.96. The predicted octanol–water partition coefficient (Wildman–Crippen LogP) is 2.67. The number of hydrogen-bond acceptors (Lipinski definition) is 4. The predicted molar refractivity (Wildman–Crippen MR) is 82.4 cm³/mol. The molecule has 1 N–H and O–H groups in total. The van der Waals surface area contributed by atoms with Crippen molar-refractivity contribution in [3.63, 3.8) is 0 Å². The van der Waals surface area contributed by atoms with Gasteiger partial charge in [-0.2, -0.15) is 9.50 Å². The van der Waals surface area contributed by atoms with Gasteiger partial charge >= 0.3 is 6.01 Å². The van der Waals surface area contributed by atoms with Gasteiger partial charge in [-0.1, -0.05) is 24.3 Å². The first-order chi connectivity index (χ1) is 10.7. The zero-order valence-corrected chi connectivity index (χ0v) is 11.8. The van der Waals surface area contributed by atoms with Crippen LogP contribution in [0.1, 0.15) is 5.56 Å². The third kappa shape index (κ3) is 2.01. The molecule has 0 unspecified atom stereocenters. The van der Waals surface area contributed by atoms with Crippen LogP contribution in [0.15, 0.2) is 53.3 Å².